The number of halogens is 2. The number of aromatic nitrogens is 1. The van der Waals surface area contributed by atoms with E-state index >= 15 is 0 Å². The van der Waals surface area contributed by atoms with Crippen LogP contribution in [0.25, 0.3) is 0 Å². The number of ketones is 1. The molecule has 1 aromatic carbocycles. The summed E-state index contributed by atoms with van der Waals surface area (Å²) in [5.74, 6) is 0.817. The number of methoxy groups -OCH3 is 1. The van der Waals surface area contributed by atoms with Crippen molar-refractivity contribution < 1.29 is 9.53 Å². The van der Waals surface area contributed by atoms with Gasteiger partial charge in [-0.05, 0) is 25.0 Å². The maximum atomic E-state index is 12.7. The molecular formula is C19H26Cl2N4O2S2. The summed E-state index contributed by atoms with van der Waals surface area (Å²) >= 11 is 14.8. The number of carbonyl (C=O) groups is 1. The number of nitrogens with two attached hydrogens (primary N) is 2. The number of nitrogen functional groups attached to an aromatic ring is 1. The van der Waals surface area contributed by atoms with Gasteiger partial charge in [0, 0.05) is 18.9 Å². The molecule has 0 bridgehead atoms. The zero-order chi connectivity index (χ0) is 21.2. The maximum absolute atomic E-state index is 12.7. The molecule has 10 heteroatoms. The molecule has 0 atom stereocenters. The van der Waals surface area contributed by atoms with Crippen molar-refractivity contribution in [2.45, 2.75) is 38.1 Å². The third kappa shape index (κ3) is 7.31. The highest BCUT2D eigenvalue weighted by atomic mass is 35.5. The van der Waals surface area contributed by atoms with Crippen molar-refractivity contribution in [1.29, 1.82) is 0 Å². The average molecular weight is 477 g/mol. The Kier molecular flexibility index (Phi) is 10.5. The normalized spacial score (nSPS) is 14.2. The molecule has 0 saturated heterocycles. The van der Waals surface area contributed by atoms with Crippen molar-refractivity contribution in [3.05, 3.63) is 38.7 Å². The lowest BCUT2D eigenvalue weighted by molar-refractivity contribution is 0.104. The van der Waals surface area contributed by atoms with Gasteiger partial charge in [0.1, 0.15) is 10.7 Å². The molecule has 5 N–H and O–H groups in total. The van der Waals surface area contributed by atoms with Crippen molar-refractivity contribution in [2.24, 2.45) is 5.14 Å². The fraction of sp³-hybridized carbons (Fsp3) is 0.474. The van der Waals surface area contributed by atoms with Crippen molar-refractivity contribution in [1.82, 2.24) is 4.98 Å². The van der Waals surface area contributed by atoms with Crippen LogP contribution in [0.3, 0.4) is 0 Å². The van der Waals surface area contributed by atoms with Crippen LogP contribution in [0.2, 0.25) is 10.0 Å². The molecule has 1 heterocycles. The van der Waals surface area contributed by atoms with Crippen molar-refractivity contribution in [2.75, 3.05) is 30.5 Å². The molecule has 1 aromatic heterocycles. The average Bonchev–Trinajstić information content (AvgIpc) is 3.07. The minimum absolute atomic E-state index is 0.217. The number of anilines is 2. The SMILES string of the molecule is COCCSN.Nc1nc(NC2CCCCC2)sc1C(=O)c1c(Cl)cccc1Cl. The smallest absolute Gasteiger partial charge is 0.209 e. The Labute approximate surface area is 189 Å². The fourth-order valence-corrected chi connectivity index (χ4v) is 4.68. The third-order valence-corrected chi connectivity index (χ3v) is 6.42. The van der Waals surface area contributed by atoms with Crippen LogP contribution in [-0.4, -0.2) is 36.3 Å². The first kappa shape index (κ1) is 24.2. The van der Waals surface area contributed by atoms with Crippen molar-refractivity contribution >= 4 is 63.2 Å². The van der Waals surface area contributed by atoms with Crippen LogP contribution in [0, 0.1) is 0 Å². The van der Waals surface area contributed by atoms with Crippen LogP contribution >= 0.6 is 46.5 Å². The van der Waals surface area contributed by atoms with Gasteiger partial charge in [-0.2, -0.15) is 0 Å². The Balaban J connectivity index is 0.000000438. The highest BCUT2D eigenvalue weighted by molar-refractivity contribution is 7.97. The molecule has 2 aromatic rings. The molecule has 1 aliphatic carbocycles. The lowest BCUT2D eigenvalue weighted by Crippen LogP contribution is -2.22. The summed E-state index contributed by atoms with van der Waals surface area (Å²) in [4.78, 5) is 17.4. The van der Waals surface area contributed by atoms with E-state index in [1.807, 2.05) is 0 Å². The number of thiazole rings is 1. The first-order valence-corrected chi connectivity index (χ1v) is 11.9. The highest BCUT2D eigenvalue weighted by Crippen LogP contribution is 2.33. The third-order valence-electron chi connectivity index (χ3n) is 4.39. The van der Waals surface area contributed by atoms with Crippen LogP contribution in [-0.2, 0) is 4.74 Å². The van der Waals surface area contributed by atoms with Gasteiger partial charge < -0.3 is 15.8 Å². The lowest BCUT2D eigenvalue weighted by Gasteiger charge is -2.22. The fourth-order valence-electron chi connectivity index (χ4n) is 2.94. The second-order valence-electron chi connectivity index (χ2n) is 6.50. The van der Waals surface area contributed by atoms with E-state index in [0.29, 0.717) is 26.1 Å². The number of hydrogen-bond acceptors (Lipinski definition) is 8. The zero-order valence-electron chi connectivity index (χ0n) is 16.2. The molecular weight excluding hydrogens is 451 g/mol. The van der Waals surface area contributed by atoms with E-state index in [9.17, 15) is 4.79 Å². The van der Waals surface area contributed by atoms with E-state index in [2.05, 4.69) is 15.0 Å². The summed E-state index contributed by atoms with van der Waals surface area (Å²) in [6.07, 6.45) is 5.98. The Morgan fingerprint density at radius 1 is 1.31 bits per heavy atom. The minimum Gasteiger partial charge on any atom is -0.384 e. The topological polar surface area (TPSA) is 103 Å². The Morgan fingerprint density at radius 2 is 1.97 bits per heavy atom. The predicted octanol–water partition coefficient (Wildman–Crippen LogP) is 5.25. The number of hydrogen-bond donors (Lipinski definition) is 3. The van der Waals surface area contributed by atoms with E-state index in [1.165, 1.54) is 42.5 Å². The number of rotatable bonds is 7. The van der Waals surface area contributed by atoms with Gasteiger partial charge >= 0.3 is 0 Å². The summed E-state index contributed by atoms with van der Waals surface area (Å²) < 4.78 is 4.68. The van der Waals surface area contributed by atoms with Gasteiger partial charge in [0.2, 0.25) is 5.78 Å². The summed E-state index contributed by atoms with van der Waals surface area (Å²) in [6, 6.07) is 5.38. The van der Waals surface area contributed by atoms with E-state index in [-0.39, 0.29) is 17.2 Å². The molecule has 0 unspecified atom stereocenters. The molecule has 0 radical (unpaired) electrons. The lowest BCUT2D eigenvalue weighted by atomic mass is 9.96. The van der Waals surface area contributed by atoms with Crippen molar-refractivity contribution in [3.63, 3.8) is 0 Å². The summed E-state index contributed by atoms with van der Waals surface area (Å²) in [5.41, 5.74) is 6.21. The summed E-state index contributed by atoms with van der Waals surface area (Å²) in [7, 11) is 1.66. The Hall–Kier alpha value is -1.03. The molecule has 6 nitrogen and oxygen atoms in total. The standard InChI is InChI=1S/C16H17Cl2N3OS.C3H9NOS/c17-10-7-4-8-11(18)12(10)13(22)14-15(19)21-16(23-14)20-9-5-2-1-3-6-9;1-5-2-3-6-4/h4,7-9H,1-3,5-6,19H2,(H,20,21);2-4H2,1H3. The zero-order valence-corrected chi connectivity index (χ0v) is 19.4. The second-order valence-corrected chi connectivity index (χ2v) is 9.06. The molecule has 29 heavy (non-hydrogen) atoms. The van der Waals surface area contributed by atoms with Crippen LogP contribution in [0.5, 0.6) is 0 Å². The van der Waals surface area contributed by atoms with Crippen LogP contribution in [0.1, 0.15) is 47.3 Å². The van der Waals surface area contributed by atoms with Gasteiger partial charge in [-0.3, -0.25) is 9.93 Å². The molecule has 3 rings (SSSR count). The number of carbonyl (C=O) groups excluding carboxylic acids is 1. The molecule has 1 fully saturated rings. The van der Waals surface area contributed by atoms with Gasteiger partial charge in [-0.1, -0.05) is 71.8 Å². The first-order valence-electron chi connectivity index (χ1n) is 9.30. The van der Waals surface area contributed by atoms with Crippen LogP contribution in [0.15, 0.2) is 18.2 Å². The molecule has 1 aliphatic rings. The molecule has 0 spiro atoms. The quantitative estimate of drug-likeness (QED) is 0.284. The Morgan fingerprint density at radius 3 is 2.52 bits per heavy atom. The Bertz CT molecular complexity index is 774. The maximum Gasteiger partial charge on any atom is 0.209 e. The number of nitrogens with one attached hydrogen (secondary N) is 1. The number of benzene rings is 1. The summed E-state index contributed by atoms with van der Waals surface area (Å²) in [5, 5.41) is 9.75. The largest absolute Gasteiger partial charge is 0.384 e. The number of nitrogens with zero attached hydrogens (tertiary/aromatic N) is 1. The van der Waals surface area contributed by atoms with E-state index < -0.39 is 0 Å². The monoisotopic (exact) mass is 476 g/mol. The van der Waals surface area contributed by atoms with Gasteiger partial charge in [0.15, 0.2) is 5.13 Å². The van der Waals surface area contributed by atoms with Gasteiger partial charge in [-0.15, -0.1) is 0 Å². The minimum atomic E-state index is -0.285. The van der Waals surface area contributed by atoms with E-state index in [1.54, 1.807) is 25.3 Å². The predicted molar refractivity (Wildman–Crippen MR) is 125 cm³/mol. The molecule has 1 saturated carbocycles. The van der Waals surface area contributed by atoms with Crippen LogP contribution < -0.4 is 16.2 Å². The van der Waals surface area contributed by atoms with Gasteiger partial charge in [-0.25, -0.2) is 4.98 Å². The first-order chi connectivity index (χ1) is 14.0. The molecule has 0 amide bonds. The highest BCUT2D eigenvalue weighted by Gasteiger charge is 2.23. The molecule has 160 valence electrons. The van der Waals surface area contributed by atoms with E-state index in [4.69, 9.17) is 34.1 Å². The van der Waals surface area contributed by atoms with Gasteiger partial charge in [0.05, 0.1) is 22.2 Å². The van der Waals surface area contributed by atoms with E-state index in [0.717, 1.165) is 25.2 Å². The van der Waals surface area contributed by atoms with Gasteiger partial charge in [0.25, 0.3) is 0 Å². The second kappa shape index (κ2) is 12.6. The summed E-state index contributed by atoms with van der Waals surface area (Å²) in [6.45, 7) is 0.751. The molecule has 0 aliphatic heterocycles. The van der Waals surface area contributed by atoms with Crippen molar-refractivity contribution in [3.8, 4) is 0 Å². The van der Waals surface area contributed by atoms with Crippen LogP contribution in [0.4, 0.5) is 10.9 Å². The number of ether oxygens (including phenoxy) is 1.